The molecule has 112 valence electrons. The summed E-state index contributed by atoms with van der Waals surface area (Å²) in [4.78, 5) is 23.2. The molecular weight excluding hydrogens is 348 g/mol. The predicted molar refractivity (Wildman–Crippen MR) is 84.0 cm³/mol. The van der Waals surface area contributed by atoms with Crippen LogP contribution in [0.1, 0.15) is 24.0 Å². The van der Waals surface area contributed by atoms with Crippen LogP contribution in [0.5, 0.6) is 11.5 Å². The smallest absolute Gasteiger partial charge is 0.319 e. The average molecular weight is 361 g/mol. The molecule has 1 aliphatic rings. The van der Waals surface area contributed by atoms with E-state index in [4.69, 9.17) is 9.47 Å². The molecular formula is C17H13BrO4. The van der Waals surface area contributed by atoms with E-state index in [1.54, 1.807) is 12.1 Å². The molecule has 2 aromatic carbocycles. The molecule has 0 saturated carbocycles. The van der Waals surface area contributed by atoms with Gasteiger partial charge in [0.05, 0.1) is 5.92 Å². The standard InChI is InChI=1S/C17H13BrO4/c1-10(19)21-14-7-4-12-8-15(17(20)22-16(12)9-14)11-2-5-13(18)6-3-11/h2-7,9,15H,8H2,1H3. The highest BCUT2D eigenvalue weighted by Crippen LogP contribution is 2.35. The number of benzene rings is 2. The van der Waals surface area contributed by atoms with E-state index in [2.05, 4.69) is 15.9 Å². The summed E-state index contributed by atoms with van der Waals surface area (Å²) in [6.07, 6.45) is 0.566. The van der Waals surface area contributed by atoms with Crippen LogP contribution < -0.4 is 9.47 Å². The van der Waals surface area contributed by atoms with Gasteiger partial charge in [0.25, 0.3) is 0 Å². The number of ether oxygens (including phenoxy) is 2. The molecule has 0 bridgehead atoms. The maximum absolute atomic E-state index is 12.2. The van der Waals surface area contributed by atoms with Gasteiger partial charge < -0.3 is 9.47 Å². The van der Waals surface area contributed by atoms with E-state index >= 15 is 0 Å². The van der Waals surface area contributed by atoms with E-state index in [9.17, 15) is 9.59 Å². The van der Waals surface area contributed by atoms with E-state index in [1.165, 1.54) is 6.92 Å². The average Bonchev–Trinajstić information content (AvgIpc) is 2.47. The van der Waals surface area contributed by atoms with Crippen molar-refractivity contribution in [2.45, 2.75) is 19.3 Å². The Kier molecular flexibility index (Phi) is 3.98. The first-order valence-electron chi connectivity index (χ1n) is 6.81. The highest BCUT2D eigenvalue weighted by Gasteiger charge is 2.30. The first-order valence-corrected chi connectivity index (χ1v) is 7.61. The molecule has 1 heterocycles. The first kappa shape index (κ1) is 14.8. The van der Waals surface area contributed by atoms with Crippen LogP contribution in [0.15, 0.2) is 46.9 Å². The summed E-state index contributed by atoms with van der Waals surface area (Å²) in [5.74, 6) is -0.192. The quantitative estimate of drug-likeness (QED) is 0.606. The van der Waals surface area contributed by atoms with Crippen LogP contribution >= 0.6 is 15.9 Å². The van der Waals surface area contributed by atoms with Crippen LogP contribution in [0.2, 0.25) is 0 Å². The maximum Gasteiger partial charge on any atom is 0.319 e. The molecule has 0 aliphatic carbocycles. The summed E-state index contributed by atoms with van der Waals surface area (Å²) in [5.41, 5.74) is 1.84. The van der Waals surface area contributed by atoms with E-state index in [1.807, 2.05) is 30.3 Å². The Hall–Kier alpha value is -2.14. The largest absolute Gasteiger partial charge is 0.427 e. The van der Waals surface area contributed by atoms with Crippen molar-refractivity contribution in [3.05, 3.63) is 58.1 Å². The molecule has 0 saturated heterocycles. The number of fused-ring (bicyclic) bond motifs is 1. The minimum atomic E-state index is -0.408. The zero-order valence-electron chi connectivity index (χ0n) is 11.8. The highest BCUT2D eigenvalue weighted by molar-refractivity contribution is 9.10. The van der Waals surface area contributed by atoms with Gasteiger partial charge in [-0.1, -0.05) is 34.1 Å². The van der Waals surface area contributed by atoms with Crippen molar-refractivity contribution in [1.82, 2.24) is 0 Å². The Balaban J connectivity index is 1.88. The van der Waals surface area contributed by atoms with Crippen LogP contribution in [-0.2, 0) is 16.0 Å². The van der Waals surface area contributed by atoms with Crippen molar-refractivity contribution in [2.24, 2.45) is 0 Å². The van der Waals surface area contributed by atoms with Gasteiger partial charge in [-0.25, -0.2) is 0 Å². The number of esters is 2. The summed E-state index contributed by atoms with van der Waals surface area (Å²) in [5, 5.41) is 0. The molecule has 4 nitrogen and oxygen atoms in total. The lowest BCUT2D eigenvalue weighted by atomic mass is 9.90. The second kappa shape index (κ2) is 5.93. The minimum Gasteiger partial charge on any atom is -0.427 e. The minimum absolute atomic E-state index is 0.296. The van der Waals surface area contributed by atoms with E-state index < -0.39 is 5.97 Å². The van der Waals surface area contributed by atoms with Gasteiger partial charge in [-0.3, -0.25) is 9.59 Å². The zero-order valence-corrected chi connectivity index (χ0v) is 13.4. The summed E-state index contributed by atoms with van der Waals surface area (Å²) in [6, 6.07) is 12.7. The van der Waals surface area contributed by atoms with Gasteiger partial charge in [-0.15, -0.1) is 0 Å². The van der Waals surface area contributed by atoms with Crippen LogP contribution in [0.3, 0.4) is 0 Å². The molecule has 3 rings (SSSR count). The van der Waals surface area contributed by atoms with Crippen LogP contribution in [0, 0.1) is 0 Å². The summed E-state index contributed by atoms with van der Waals surface area (Å²) >= 11 is 3.38. The normalized spacial score (nSPS) is 16.6. The molecule has 5 heteroatoms. The van der Waals surface area contributed by atoms with Gasteiger partial charge in [0.15, 0.2) is 0 Å². The van der Waals surface area contributed by atoms with Crippen LogP contribution in [-0.4, -0.2) is 11.9 Å². The third-order valence-corrected chi connectivity index (χ3v) is 4.02. The lowest BCUT2D eigenvalue weighted by Crippen LogP contribution is -2.26. The summed E-state index contributed by atoms with van der Waals surface area (Å²) in [6.45, 7) is 1.33. The van der Waals surface area contributed by atoms with Crippen molar-refractivity contribution in [2.75, 3.05) is 0 Å². The summed E-state index contributed by atoms with van der Waals surface area (Å²) < 4.78 is 11.4. The van der Waals surface area contributed by atoms with Crippen LogP contribution in [0.25, 0.3) is 0 Å². The summed E-state index contributed by atoms with van der Waals surface area (Å²) in [7, 11) is 0. The Bertz CT molecular complexity index is 737. The van der Waals surface area contributed by atoms with E-state index in [-0.39, 0.29) is 11.9 Å². The third kappa shape index (κ3) is 3.04. The van der Waals surface area contributed by atoms with E-state index in [0.29, 0.717) is 17.9 Å². The Morgan fingerprint density at radius 3 is 2.64 bits per heavy atom. The van der Waals surface area contributed by atoms with Gasteiger partial charge in [0, 0.05) is 17.5 Å². The topological polar surface area (TPSA) is 52.6 Å². The van der Waals surface area contributed by atoms with Gasteiger partial charge >= 0.3 is 11.9 Å². The maximum atomic E-state index is 12.2. The number of halogens is 1. The monoisotopic (exact) mass is 360 g/mol. The van der Waals surface area contributed by atoms with Gasteiger partial charge in [0.2, 0.25) is 0 Å². The number of rotatable bonds is 2. The fourth-order valence-electron chi connectivity index (χ4n) is 2.46. The van der Waals surface area contributed by atoms with Crippen molar-refractivity contribution in [3.8, 4) is 11.5 Å². The van der Waals surface area contributed by atoms with Gasteiger partial charge in [-0.05, 0) is 35.7 Å². The van der Waals surface area contributed by atoms with Crippen molar-refractivity contribution in [1.29, 1.82) is 0 Å². The number of carbonyl (C=O) groups is 2. The fourth-order valence-corrected chi connectivity index (χ4v) is 2.72. The second-order valence-corrected chi connectivity index (χ2v) is 6.01. The Morgan fingerprint density at radius 1 is 1.23 bits per heavy atom. The second-order valence-electron chi connectivity index (χ2n) is 5.09. The van der Waals surface area contributed by atoms with Crippen LogP contribution in [0.4, 0.5) is 0 Å². The van der Waals surface area contributed by atoms with Crippen molar-refractivity contribution >= 4 is 27.9 Å². The molecule has 1 aliphatic heterocycles. The number of hydrogen-bond donors (Lipinski definition) is 0. The molecule has 0 N–H and O–H groups in total. The third-order valence-electron chi connectivity index (χ3n) is 3.49. The highest BCUT2D eigenvalue weighted by atomic mass is 79.9. The van der Waals surface area contributed by atoms with Crippen molar-refractivity contribution in [3.63, 3.8) is 0 Å². The van der Waals surface area contributed by atoms with Crippen molar-refractivity contribution < 1.29 is 19.1 Å². The molecule has 1 unspecified atom stereocenters. The number of hydrogen-bond acceptors (Lipinski definition) is 4. The van der Waals surface area contributed by atoms with E-state index in [0.717, 1.165) is 15.6 Å². The molecule has 2 aromatic rings. The lowest BCUT2D eigenvalue weighted by molar-refractivity contribution is -0.137. The number of carbonyl (C=O) groups excluding carboxylic acids is 2. The molecule has 0 spiro atoms. The molecule has 0 radical (unpaired) electrons. The van der Waals surface area contributed by atoms with Gasteiger partial charge in [-0.2, -0.15) is 0 Å². The SMILES string of the molecule is CC(=O)Oc1ccc2c(c1)OC(=O)C(c1ccc(Br)cc1)C2. The molecule has 0 amide bonds. The molecule has 22 heavy (non-hydrogen) atoms. The Morgan fingerprint density at radius 2 is 1.95 bits per heavy atom. The van der Waals surface area contributed by atoms with Gasteiger partial charge in [0.1, 0.15) is 11.5 Å². The molecule has 0 fully saturated rings. The fraction of sp³-hybridized carbons (Fsp3) is 0.176. The Labute approximate surface area is 136 Å². The molecule has 0 aromatic heterocycles. The predicted octanol–water partition coefficient (Wildman–Crippen LogP) is 3.62. The first-order chi connectivity index (χ1) is 10.5. The zero-order chi connectivity index (χ0) is 15.7. The molecule has 1 atom stereocenters. The lowest BCUT2D eigenvalue weighted by Gasteiger charge is -2.24.